The quantitative estimate of drug-likeness (QED) is 0.533. The molecule has 0 saturated heterocycles. The maximum absolute atomic E-state index is 10.9. The lowest BCUT2D eigenvalue weighted by molar-refractivity contribution is -0.384. The first-order valence-electron chi connectivity index (χ1n) is 7.00. The van der Waals surface area contributed by atoms with Gasteiger partial charge in [-0.3, -0.25) is 10.1 Å². The molecule has 5 nitrogen and oxygen atoms in total. The summed E-state index contributed by atoms with van der Waals surface area (Å²) in [5.41, 5.74) is 10.2. The zero-order valence-electron chi connectivity index (χ0n) is 11.7. The Morgan fingerprint density at radius 1 is 1.24 bits per heavy atom. The van der Waals surface area contributed by atoms with Crippen molar-refractivity contribution >= 4 is 17.1 Å². The van der Waals surface area contributed by atoms with Gasteiger partial charge in [0.2, 0.25) is 0 Å². The molecule has 0 aliphatic carbocycles. The fourth-order valence-electron chi connectivity index (χ4n) is 2.85. The molecule has 0 unspecified atom stereocenters. The molecule has 1 aliphatic rings. The summed E-state index contributed by atoms with van der Waals surface area (Å²) in [7, 11) is 0. The van der Waals surface area contributed by atoms with Crippen molar-refractivity contribution in [2.45, 2.75) is 19.4 Å². The number of anilines is 2. The van der Waals surface area contributed by atoms with E-state index in [1.54, 1.807) is 12.1 Å². The molecule has 0 bridgehead atoms. The summed E-state index contributed by atoms with van der Waals surface area (Å²) in [6.07, 6.45) is 2.11. The van der Waals surface area contributed by atoms with Crippen molar-refractivity contribution in [3.63, 3.8) is 0 Å². The fraction of sp³-hybridized carbons (Fsp3) is 0.250. The van der Waals surface area contributed by atoms with Crippen LogP contribution in [-0.4, -0.2) is 11.5 Å². The standard InChI is InChI=1S/C16H17N3O2/c17-14-6-7-16-13(10-14)4-2-8-18(16)11-12-3-1-5-15(9-12)19(20)21/h1,3,5-7,9-10H,2,4,8,11,17H2. The van der Waals surface area contributed by atoms with Crippen LogP contribution in [0.5, 0.6) is 0 Å². The van der Waals surface area contributed by atoms with Gasteiger partial charge >= 0.3 is 0 Å². The summed E-state index contributed by atoms with van der Waals surface area (Å²) < 4.78 is 0. The van der Waals surface area contributed by atoms with E-state index in [0.717, 1.165) is 30.6 Å². The highest BCUT2D eigenvalue weighted by molar-refractivity contribution is 5.61. The van der Waals surface area contributed by atoms with Gasteiger partial charge in [-0.1, -0.05) is 12.1 Å². The van der Waals surface area contributed by atoms with E-state index >= 15 is 0 Å². The van der Waals surface area contributed by atoms with Crippen molar-refractivity contribution in [1.29, 1.82) is 0 Å². The van der Waals surface area contributed by atoms with E-state index in [0.29, 0.717) is 6.54 Å². The minimum absolute atomic E-state index is 0.141. The molecule has 21 heavy (non-hydrogen) atoms. The van der Waals surface area contributed by atoms with Crippen LogP contribution in [0.15, 0.2) is 42.5 Å². The minimum atomic E-state index is -0.353. The maximum atomic E-state index is 10.9. The van der Waals surface area contributed by atoms with Gasteiger partial charge in [-0.25, -0.2) is 0 Å². The van der Waals surface area contributed by atoms with Gasteiger partial charge < -0.3 is 10.6 Å². The van der Waals surface area contributed by atoms with Crippen molar-refractivity contribution in [3.05, 3.63) is 63.7 Å². The Hall–Kier alpha value is -2.56. The Bertz CT molecular complexity index is 685. The third-order valence-electron chi connectivity index (χ3n) is 3.81. The average molecular weight is 283 g/mol. The topological polar surface area (TPSA) is 72.4 Å². The minimum Gasteiger partial charge on any atom is -0.399 e. The van der Waals surface area contributed by atoms with Crippen molar-refractivity contribution in [3.8, 4) is 0 Å². The molecule has 0 spiro atoms. The first kappa shape index (κ1) is 13.4. The van der Waals surface area contributed by atoms with Crippen molar-refractivity contribution in [2.24, 2.45) is 0 Å². The van der Waals surface area contributed by atoms with E-state index in [1.165, 1.54) is 17.3 Å². The van der Waals surface area contributed by atoms with Crippen LogP contribution in [0.2, 0.25) is 0 Å². The highest BCUT2D eigenvalue weighted by atomic mass is 16.6. The molecular formula is C16H17N3O2. The number of hydrogen-bond acceptors (Lipinski definition) is 4. The highest BCUT2D eigenvalue weighted by Crippen LogP contribution is 2.30. The summed E-state index contributed by atoms with van der Waals surface area (Å²) in [6, 6.07) is 12.8. The monoisotopic (exact) mass is 283 g/mol. The van der Waals surface area contributed by atoms with Crippen LogP contribution in [0.3, 0.4) is 0 Å². The molecule has 1 aliphatic heterocycles. The Morgan fingerprint density at radius 3 is 2.90 bits per heavy atom. The van der Waals surface area contributed by atoms with Crippen molar-refractivity contribution < 1.29 is 4.92 Å². The second-order valence-electron chi connectivity index (χ2n) is 5.34. The zero-order chi connectivity index (χ0) is 14.8. The van der Waals surface area contributed by atoms with Crippen LogP contribution in [0.25, 0.3) is 0 Å². The zero-order valence-corrected chi connectivity index (χ0v) is 11.7. The maximum Gasteiger partial charge on any atom is 0.269 e. The molecule has 0 fully saturated rings. The molecule has 0 atom stereocenters. The van der Waals surface area contributed by atoms with Crippen LogP contribution in [0, 0.1) is 10.1 Å². The van der Waals surface area contributed by atoms with E-state index in [4.69, 9.17) is 5.73 Å². The molecule has 5 heteroatoms. The van der Waals surface area contributed by atoms with Crippen molar-refractivity contribution in [2.75, 3.05) is 17.2 Å². The number of hydrogen-bond donors (Lipinski definition) is 1. The van der Waals surface area contributed by atoms with E-state index in [1.807, 2.05) is 24.3 Å². The van der Waals surface area contributed by atoms with Crippen LogP contribution < -0.4 is 10.6 Å². The number of nitro benzene ring substituents is 1. The third-order valence-corrected chi connectivity index (χ3v) is 3.81. The smallest absolute Gasteiger partial charge is 0.269 e. The number of nitrogens with two attached hydrogens (primary N) is 1. The Labute approximate surface area is 123 Å². The second kappa shape index (κ2) is 5.44. The molecule has 0 amide bonds. The van der Waals surface area contributed by atoms with Crippen LogP contribution in [-0.2, 0) is 13.0 Å². The van der Waals surface area contributed by atoms with Crippen LogP contribution >= 0.6 is 0 Å². The van der Waals surface area contributed by atoms with Crippen LogP contribution in [0.1, 0.15) is 17.5 Å². The van der Waals surface area contributed by atoms with Gasteiger partial charge in [0.05, 0.1) is 4.92 Å². The van der Waals surface area contributed by atoms with E-state index < -0.39 is 0 Å². The first-order valence-corrected chi connectivity index (χ1v) is 7.00. The predicted molar refractivity (Wildman–Crippen MR) is 83.3 cm³/mol. The lowest BCUT2D eigenvalue weighted by Gasteiger charge is -2.31. The number of non-ortho nitro benzene ring substituents is 1. The first-order chi connectivity index (χ1) is 10.1. The van der Waals surface area contributed by atoms with Gasteiger partial charge in [-0.05, 0) is 42.2 Å². The Morgan fingerprint density at radius 2 is 2.10 bits per heavy atom. The number of nitrogen functional groups attached to an aromatic ring is 1. The number of fused-ring (bicyclic) bond motifs is 1. The largest absolute Gasteiger partial charge is 0.399 e. The lowest BCUT2D eigenvalue weighted by Crippen LogP contribution is -2.28. The third kappa shape index (κ3) is 2.81. The SMILES string of the molecule is Nc1ccc2c(c1)CCCN2Cc1cccc([N+](=O)[O-])c1. The van der Waals surface area contributed by atoms with Crippen molar-refractivity contribution in [1.82, 2.24) is 0 Å². The van der Waals surface area contributed by atoms with Gasteiger partial charge in [-0.15, -0.1) is 0 Å². The highest BCUT2D eigenvalue weighted by Gasteiger charge is 2.17. The number of aryl methyl sites for hydroxylation is 1. The van der Waals surface area contributed by atoms with Gasteiger partial charge in [0.25, 0.3) is 5.69 Å². The number of nitrogens with zero attached hydrogens (tertiary/aromatic N) is 2. The van der Waals surface area contributed by atoms with Gasteiger partial charge in [0, 0.05) is 36.6 Å². The Balaban J connectivity index is 1.86. The Kier molecular flexibility index (Phi) is 3.48. The molecule has 2 aromatic rings. The molecule has 2 N–H and O–H groups in total. The second-order valence-corrected chi connectivity index (χ2v) is 5.34. The van der Waals surface area contributed by atoms with Gasteiger partial charge in [0.15, 0.2) is 0 Å². The predicted octanol–water partition coefficient (Wildman–Crippen LogP) is 3.13. The summed E-state index contributed by atoms with van der Waals surface area (Å²) in [6.45, 7) is 1.64. The molecule has 0 aromatic heterocycles. The molecule has 108 valence electrons. The molecule has 1 heterocycles. The molecule has 2 aromatic carbocycles. The fourth-order valence-corrected chi connectivity index (χ4v) is 2.85. The van der Waals surface area contributed by atoms with E-state index in [-0.39, 0.29) is 10.6 Å². The number of rotatable bonds is 3. The summed E-state index contributed by atoms with van der Waals surface area (Å²) in [5, 5.41) is 10.9. The normalized spacial score (nSPS) is 13.8. The molecular weight excluding hydrogens is 266 g/mol. The summed E-state index contributed by atoms with van der Waals surface area (Å²) in [5.74, 6) is 0. The summed E-state index contributed by atoms with van der Waals surface area (Å²) in [4.78, 5) is 12.8. The van der Waals surface area contributed by atoms with Gasteiger partial charge in [0.1, 0.15) is 0 Å². The van der Waals surface area contributed by atoms with Gasteiger partial charge in [-0.2, -0.15) is 0 Å². The van der Waals surface area contributed by atoms with Crippen LogP contribution in [0.4, 0.5) is 17.1 Å². The number of nitro groups is 1. The average Bonchev–Trinajstić information content (AvgIpc) is 2.47. The summed E-state index contributed by atoms with van der Waals surface area (Å²) >= 11 is 0. The molecule has 0 radical (unpaired) electrons. The lowest BCUT2D eigenvalue weighted by atomic mass is 10.0. The van der Waals surface area contributed by atoms with E-state index in [2.05, 4.69) is 4.90 Å². The molecule has 3 rings (SSSR count). The van der Waals surface area contributed by atoms with E-state index in [9.17, 15) is 10.1 Å². The number of benzene rings is 2. The molecule has 0 saturated carbocycles.